The minimum absolute atomic E-state index is 0.0170. The van der Waals surface area contributed by atoms with E-state index in [1.165, 1.54) is 76.2 Å². The Morgan fingerprint density at radius 2 is 0.810 bits per heavy atom. The Balaban J connectivity index is 0.000000580. The molecular formula is C36H54N6O14S2. The number of nitrogens with one attached hydrogen (secondary N) is 6. The van der Waals surface area contributed by atoms with Gasteiger partial charge in [0.1, 0.15) is 45.2 Å². The number of para-hydroxylation sites is 2. The summed E-state index contributed by atoms with van der Waals surface area (Å²) in [6.45, 7) is 14.6. The molecule has 58 heavy (non-hydrogen) atoms. The zero-order chi connectivity index (χ0) is 44.9. The molecule has 0 unspecified atom stereocenters. The molecular weight excluding hydrogens is 805 g/mol. The van der Waals surface area contributed by atoms with Crippen LogP contribution >= 0.6 is 0 Å². The van der Waals surface area contributed by atoms with Crippen molar-refractivity contribution in [2.24, 2.45) is 0 Å². The third-order valence-corrected chi connectivity index (χ3v) is 10.1. The van der Waals surface area contributed by atoms with Crippen LogP contribution in [0.15, 0.2) is 58.3 Å². The molecule has 2 aromatic carbocycles. The fraction of sp³-hybridized carbons (Fsp3) is 0.500. The van der Waals surface area contributed by atoms with E-state index in [1.807, 2.05) is 0 Å². The van der Waals surface area contributed by atoms with E-state index in [0.717, 1.165) is 14.2 Å². The first-order valence-electron chi connectivity index (χ1n) is 17.3. The lowest BCUT2D eigenvalue weighted by Gasteiger charge is -2.23. The van der Waals surface area contributed by atoms with E-state index in [0.29, 0.717) is 0 Å². The number of amides is 4. The Morgan fingerprint density at radius 3 is 1.09 bits per heavy atom. The average molecular weight is 859 g/mol. The molecule has 0 atom stereocenters. The van der Waals surface area contributed by atoms with Gasteiger partial charge in [-0.15, -0.1) is 0 Å². The second-order valence-electron chi connectivity index (χ2n) is 15.2. The fourth-order valence-corrected chi connectivity index (χ4v) is 7.37. The lowest BCUT2D eigenvalue weighted by atomic mass is 10.1. The molecule has 0 radical (unpaired) electrons. The van der Waals surface area contributed by atoms with Gasteiger partial charge in [-0.3, -0.25) is 19.2 Å². The first kappa shape index (κ1) is 50.7. The number of alkyl carbamates (subject to hydrolysis) is 2. The Kier molecular flexibility index (Phi) is 17.8. The molecule has 0 aliphatic carbocycles. The predicted molar refractivity (Wildman–Crippen MR) is 211 cm³/mol. The van der Waals surface area contributed by atoms with Crippen LogP contribution in [0.25, 0.3) is 0 Å². The summed E-state index contributed by atoms with van der Waals surface area (Å²) in [6, 6.07) is 11.3. The fourth-order valence-electron chi connectivity index (χ4n) is 4.31. The lowest BCUT2D eigenvalue weighted by Crippen LogP contribution is -2.50. The van der Waals surface area contributed by atoms with Crippen molar-refractivity contribution >= 4 is 67.4 Å². The molecule has 20 nitrogen and oxygen atoms in total. The third kappa shape index (κ3) is 17.4. The number of rotatable bonds is 14. The molecule has 0 saturated heterocycles. The van der Waals surface area contributed by atoms with E-state index in [-0.39, 0.29) is 21.2 Å². The zero-order valence-corrected chi connectivity index (χ0v) is 36.2. The average Bonchev–Trinajstić information content (AvgIpc) is 3.07. The van der Waals surface area contributed by atoms with Crippen molar-refractivity contribution in [2.75, 3.05) is 37.9 Å². The van der Waals surface area contributed by atoms with Crippen LogP contribution in [0, 0.1) is 0 Å². The Bertz CT molecular complexity index is 1890. The Labute approximate surface area is 338 Å². The van der Waals surface area contributed by atoms with Crippen molar-refractivity contribution in [3.63, 3.8) is 0 Å². The summed E-state index contributed by atoms with van der Waals surface area (Å²) in [6.07, 6.45) is -1.56. The van der Waals surface area contributed by atoms with Gasteiger partial charge in [0.05, 0.1) is 25.6 Å². The van der Waals surface area contributed by atoms with Gasteiger partial charge in [-0.25, -0.2) is 26.4 Å². The largest absolute Gasteiger partial charge is 0.468 e. The van der Waals surface area contributed by atoms with Crippen LogP contribution in [0.2, 0.25) is 0 Å². The van der Waals surface area contributed by atoms with Crippen LogP contribution in [0.1, 0.15) is 69.2 Å². The van der Waals surface area contributed by atoms with E-state index in [9.17, 15) is 45.6 Å². The molecule has 324 valence electrons. The summed E-state index contributed by atoms with van der Waals surface area (Å²) in [5.74, 6) is -2.87. The van der Waals surface area contributed by atoms with Crippen molar-refractivity contribution in [3.8, 4) is 0 Å². The van der Waals surface area contributed by atoms with Gasteiger partial charge in [-0.1, -0.05) is 24.3 Å². The normalized spacial score (nSPS) is 12.1. The monoisotopic (exact) mass is 858 g/mol. The number of ether oxygens (including phenoxy) is 4. The van der Waals surface area contributed by atoms with Gasteiger partial charge >= 0.3 is 24.1 Å². The number of anilines is 2. The topological polar surface area (TPSA) is 280 Å². The highest BCUT2D eigenvalue weighted by molar-refractivity contribution is 7.90. The second-order valence-corrected chi connectivity index (χ2v) is 18.5. The van der Waals surface area contributed by atoms with Crippen LogP contribution < -0.4 is 30.7 Å². The molecule has 0 aliphatic rings. The van der Waals surface area contributed by atoms with Gasteiger partial charge in [0.2, 0.25) is 31.9 Å². The highest BCUT2D eigenvalue weighted by atomic mass is 32.2. The van der Waals surface area contributed by atoms with Gasteiger partial charge < -0.3 is 40.2 Å². The number of hydrogen-bond donors (Lipinski definition) is 6. The van der Waals surface area contributed by atoms with E-state index < -0.39 is 91.4 Å². The predicted octanol–water partition coefficient (Wildman–Crippen LogP) is 2.76. The highest BCUT2D eigenvalue weighted by Gasteiger charge is 2.36. The van der Waals surface area contributed by atoms with Gasteiger partial charge in [0, 0.05) is 0 Å². The summed E-state index contributed by atoms with van der Waals surface area (Å²) in [7, 11) is -6.08. The van der Waals surface area contributed by atoms with Crippen LogP contribution in [-0.2, 0) is 58.2 Å². The van der Waals surface area contributed by atoms with Crippen LogP contribution in [0.4, 0.5) is 21.0 Å². The van der Waals surface area contributed by atoms with Gasteiger partial charge in [-0.2, -0.15) is 9.44 Å². The molecule has 0 spiro atoms. The number of carbonyl (C=O) groups is 6. The molecule has 0 saturated carbocycles. The summed E-state index contributed by atoms with van der Waals surface area (Å²) in [5, 5.41) is 9.40. The van der Waals surface area contributed by atoms with Crippen molar-refractivity contribution < 1.29 is 64.6 Å². The summed E-state index contributed by atoms with van der Waals surface area (Å²) in [5.41, 5.74) is -4.53. The van der Waals surface area contributed by atoms with Crippen LogP contribution in [-0.4, -0.2) is 102 Å². The maximum Gasteiger partial charge on any atom is 0.408 e. The molecule has 0 bridgehead atoms. The third-order valence-electron chi connectivity index (χ3n) is 6.66. The Hall–Kier alpha value is -5.32. The van der Waals surface area contributed by atoms with E-state index in [2.05, 4.69) is 40.2 Å². The van der Waals surface area contributed by atoms with Crippen molar-refractivity contribution in [1.82, 2.24) is 20.1 Å². The zero-order valence-electron chi connectivity index (χ0n) is 34.6. The standard InChI is InChI=1S/2C18H27N3O7S/c2*1-17(2,3)28-16(24)19-11-14(22)20-12-9-7-8-10-13(12)29(25,26)21-18(4,5)15(23)27-6/h2*7-10,21H,11H2,1-6H3,(H,19,24)(H,20,22). The van der Waals surface area contributed by atoms with E-state index in [1.54, 1.807) is 41.5 Å². The smallest absolute Gasteiger partial charge is 0.408 e. The van der Waals surface area contributed by atoms with Gasteiger partial charge in [0.15, 0.2) is 0 Å². The maximum atomic E-state index is 12.7. The molecule has 22 heteroatoms. The van der Waals surface area contributed by atoms with Crippen LogP contribution in [0.3, 0.4) is 0 Å². The molecule has 2 aromatic rings. The number of sulfonamides is 2. The Morgan fingerprint density at radius 1 is 0.517 bits per heavy atom. The minimum atomic E-state index is -4.18. The van der Waals surface area contributed by atoms with Crippen LogP contribution in [0.5, 0.6) is 0 Å². The molecule has 0 fully saturated rings. The lowest BCUT2D eigenvalue weighted by molar-refractivity contribution is -0.147. The first-order chi connectivity index (χ1) is 26.4. The molecule has 4 amide bonds. The van der Waals surface area contributed by atoms with E-state index >= 15 is 0 Å². The number of benzene rings is 2. The van der Waals surface area contributed by atoms with E-state index in [4.69, 9.17) is 9.47 Å². The molecule has 2 rings (SSSR count). The number of hydrogen-bond acceptors (Lipinski definition) is 14. The number of methoxy groups -OCH3 is 2. The summed E-state index contributed by atoms with van der Waals surface area (Å²) < 4.78 is 74.7. The van der Waals surface area contributed by atoms with Crippen molar-refractivity contribution in [3.05, 3.63) is 48.5 Å². The summed E-state index contributed by atoms with van der Waals surface area (Å²) in [4.78, 5) is 70.6. The quantitative estimate of drug-likeness (QED) is 0.118. The van der Waals surface area contributed by atoms with Gasteiger partial charge in [0.25, 0.3) is 0 Å². The summed E-state index contributed by atoms with van der Waals surface area (Å²) >= 11 is 0. The first-order valence-corrected chi connectivity index (χ1v) is 20.3. The number of carbonyl (C=O) groups excluding carboxylic acids is 6. The molecule has 6 N–H and O–H groups in total. The maximum absolute atomic E-state index is 12.7. The number of esters is 2. The SMILES string of the molecule is COC(=O)C(C)(C)NS(=O)(=O)c1ccccc1NC(=O)CNC(=O)OC(C)(C)C.COC(=O)C(C)(C)NS(=O)(=O)c1ccccc1NC(=O)CNC(=O)OC(C)(C)C. The molecule has 0 aromatic heterocycles. The second kappa shape index (κ2) is 20.4. The van der Waals surface area contributed by atoms with Gasteiger partial charge in [-0.05, 0) is 93.5 Å². The molecule has 0 heterocycles. The minimum Gasteiger partial charge on any atom is -0.468 e. The molecule has 0 aliphatic heterocycles. The van der Waals surface area contributed by atoms with Crippen molar-refractivity contribution in [2.45, 2.75) is 101 Å². The highest BCUT2D eigenvalue weighted by Crippen LogP contribution is 2.24. The van der Waals surface area contributed by atoms with Crippen molar-refractivity contribution in [1.29, 1.82) is 0 Å².